The van der Waals surface area contributed by atoms with Gasteiger partial charge in [0, 0.05) is 12.7 Å². The molecule has 0 spiro atoms. The number of hydrogen-bond acceptors (Lipinski definition) is 3. The molecule has 1 rings (SSSR count). The molecule has 1 atom stereocenters. The van der Waals surface area contributed by atoms with E-state index < -0.39 is 0 Å². The van der Waals surface area contributed by atoms with E-state index in [0.717, 1.165) is 0 Å². The largest absolute Gasteiger partial charge is 0.487 e. The second-order valence-corrected chi connectivity index (χ2v) is 3.99. The van der Waals surface area contributed by atoms with Crippen LogP contribution in [0.25, 0.3) is 0 Å². The first-order valence-corrected chi connectivity index (χ1v) is 5.38. The number of ketones is 1. The number of hydrogen-bond donors (Lipinski definition) is 0. The van der Waals surface area contributed by atoms with Crippen molar-refractivity contribution in [2.75, 3.05) is 13.7 Å². The second-order valence-electron chi connectivity index (χ2n) is 3.59. The van der Waals surface area contributed by atoms with Crippen LogP contribution in [0.4, 0.5) is 0 Å². The number of benzene rings is 1. The summed E-state index contributed by atoms with van der Waals surface area (Å²) < 4.78 is 10.5. The standard InChI is InChI=1S/C12H15ClO3/c1-8(7-15-3)16-12-5-4-10(9(2)14)6-11(12)13/h4-6,8H,7H2,1-3H3. The Hall–Kier alpha value is -1.06. The van der Waals surface area contributed by atoms with Crippen molar-refractivity contribution in [2.24, 2.45) is 0 Å². The molecule has 1 aromatic rings. The highest BCUT2D eigenvalue weighted by atomic mass is 35.5. The number of rotatable bonds is 5. The summed E-state index contributed by atoms with van der Waals surface area (Å²) in [6.07, 6.45) is -0.0781. The molecule has 0 heterocycles. The minimum atomic E-state index is -0.0781. The van der Waals surface area contributed by atoms with Crippen molar-refractivity contribution in [3.63, 3.8) is 0 Å². The van der Waals surface area contributed by atoms with Gasteiger partial charge in [0.05, 0.1) is 11.6 Å². The lowest BCUT2D eigenvalue weighted by Gasteiger charge is -2.15. The van der Waals surface area contributed by atoms with Crippen LogP contribution in [0.2, 0.25) is 5.02 Å². The smallest absolute Gasteiger partial charge is 0.159 e. The monoisotopic (exact) mass is 242 g/mol. The number of methoxy groups -OCH3 is 1. The van der Waals surface area contributed by atoms with Crippen LogP contribution in [0.3, 0.4) is 0 Å². The van der Waals surface area contributed by atoms with Crippen molar-refractivity contribution in [2.45, 2.75) is 20.0 Å². The maximum atomic E-state index is 11.1. The quantitative estimate of drug-likeness (QED) is 0.745. The molecule has 0 N–H and O–H groups in total. The summed E-state index contributed by atoms with van der Waals surface area (Å²) in [7, 11) is 1.61. The van der Waals surface area contributed by atoms with Crippen LogP contribution in [0.1, 0.15) is 24.2 Å². The zero-order valence-corrected chi connectivity index (χ0v) is 10.4. The van der Waals surface area contributed by atoms with E-state index in [0.29, 0.717) is 22.9 Å². The zero-order chi connectivity index (χ0) is 12.1. The van der Waals surface area contributed by atoms with E-state index in [4.69, 9.17) is 21.1 Å². The molecule has 0 saturated carbocycles. The highest BCUT2D eigenvalue weighted by Gasteiger charge is 2.09. The maximum Gasteiger partial charge on any atom is 0.159 e. The third kappa shape index (κ3) is 3.51. The summed E-state index contributed by atoms with van der Waals surface area (Å²) in [4.78, 5) is 11.1. The van der Waals surface area contributed by atoms with Gasteiger partial charge in [-0.15, -0.1) is 0 Å². The normalized spacial score (nSPS) is 12.2. The third-order valence-electron chi connectivity index (χ3n) is 2.07. The van der Waals surface area contributed by atoms with Crippen LogP contribution in [0.5, 0.6) is 5.75 Å². The first-order chi connectivity index (χ1) is 7.54. The van der Waals surface area contributed by atoms with Crippen molar-refractivity contribution >= 4 is 17.4 Å². The number of carbonyl (C=O) groups excluding carboxylic acids is 1. The van der Waals surface area contributed by atoms with Gasteiger partial charge < -0.3 is 9.47 Å². The summed E-state index contributed by atoms with van der Waals surface area (Å²) in [6, 6.07) is 5.01. The van der Waals surface area contributed by atoms with Gasteiger partial charge in [0.15, 0.2) is 5.78 Å². The van der Waals surface area contributed by atoms with Gasteiger partial charge in [0.25, 0.3) is 0 Å². The van der Waals surface area contributed by atoms with Crippen LogP contribution in [-0.2, 0) is 4.74 Å². The number of halogens is 1. The van der Waals surface area contributed by atoms with E-state index in [9.17, 15) is 4.79 Å². The predicted octanol–water partition coefficient (Wildman–Crippen LogP) is 2.96. The van der Waals surface area contributed by atoms with Crippen molar-refractivity contribution in [1.82, 2.24) is 0 Å². The van der Waals surface area contributed by atoms with Gasteiger partial charge in [-0.3, -0.25) is 4.79 Å². The summed E-state index contributed by atoms with van der Waals surface area (Å²) in [5.41, 5.74) is 0.580. The highest BCUT2D eigenvalue weighted by Crippen LogP contribution is 2.26. The molecule has 0 fully saturated rings. The number of carbonyl (C=O) groups is 1. The van der Waals surface area contributed by atoms with E-state index in [-0.39, 0.29) is 11.9 Å². The molecule has 0 aliphatic carbocycles. The molecule has 0 aromatic heterocycles. The molecular weight excluding hydrogens is 228 g/mol. The molecule has 0 saturated heterocycles. The lowest BCUT2D eigenvalue weighted by Crippen LogP contribution is -2.18. The lowest BCUT2D eigenvalue weighted by atomic mass is 10.1. The predicted molar refractivity (Wildman–Crippen MR) is 63.4 cm³/mol. The molecule has 16 heavy (non-hydrogen) atoms. The highest BCUT2D eigenvalue weighted by molar-refractivity contribution is 6.32. The fourth-order valence-corrected chi connectivity index (χ4v) is 1.53. The van der Waals surface area contributed by atoms with Gasteiger partial charge in [0.1, 0.15) is 11.9 Å². The minimum Gasteiger partial charge on any atom is -0.487 e. The van der Waals surface area contributed by atoms with Gasteiger partial charge in [-0.05, 0) is 32.0 Å². The van der Waals surface area contributed by atoms with Gasteiger partial charge in [0.2, 0.25) is 0 Å². The van der Waals surface area contributed by atoms with Crippen LogP contribution in [-0.4, -0.2) is 25.6 Å². The molecule has 0 amide bonds. The molecule has 1 aromatic carbocycles. The Kier molecular flexibility index (Phi) is 4.77. The third-order valence-corrected chi connectivity index (χ3v) is 2.36. The zero-order valence-electron chi connectivity index (χ0n) is 9.62. The number of ether oxygens (including phenoxy) is 2. The topological polar surface area (TPSA) is 35.5 Å². The molecule has 1 unspecified atom stereocenters. The fraction of sp³-hybridized carbons (Fsp3) is 0.417. The van der Waals surface area contributed by atoms with Crippen LogP contribution in [0.15, 0.2) is 18.2 Å². The maximum absolute atomic E-state index is 11.1. The molecule has 0 radical (unpaired) electrons. The molecule has 0 aliphatic heterocycles. The fourth-order valence-electron chi connectivity index (χ4n) is 1.30. The van der Waals surface area contributed by atoms with E-state index in [1.54, 1.807) is 25.3 Å². The average molecular weight is 243 g/mol. The van der Waals surface area contributed by atoms with Crippen molar-refractivity contribution in [1.29, 1.82) is 0 Å². The molecule has 0 aliphatic rings. The Morgan fingerprint density at radius 3 is 2.69 bits per heavy atom. The van der Waals surface area contributed by atoms with Gasteiger partial charge in [-0.1, -0.05) is 11.6 Å². The SMILES string of the molecule is COCC(C)Oc1ccc(C(C)=O)cc1Cl. The van der Waals surface area contributed by atoms with E-state index >= 15 is 0 Å². The Morgan fingerprint density at radius 2 is 2.19 bits per heavy atom. The molecule has 0 bridgehead atoms. The van der Waals surface area contributed by atoms with Gasteiger partial charge >= 0.3 is 0 Å². The Morgan fingerprint density at radius 1 is 1.50 bits per heavy atom. The molecular formula is C12H15ClO3. The van der Waals surface area contributed by atoms with Crippen molar-refractivity contribution in [3.05, 3.63) is 28.8 Å². The Bertz CT molecular complexity index is 377. The van der Waals surface area contributed by atoms with Gasteiger partial charge in [-0.25, -0.2) is 0 Å². The summed E-state index contributed by atoms with van der Waals surface area (Å²) in [5.74, 6) is 0.551. The average Bonchev–Trinajstić information content (AvgIpc) is 2.21. The summed E-state index contributed by atoms with van der Waals surface area (Å²) in [6.45, 7) is 3.88. The molecule has 88 valence electrons. The first kappa shape index (κ1) is 13.0. The van der Waals surface area contributed by atoms with Crippen LogP contribution < -0.4 is 4.74 Å². The summed E-state index contributed by atoms with van der Waals surface area (Å²) >= 11 is 6.00. The van der Waals surface area contributed by atoms with Crippen LogP contribution in [0, 0.1) is 0 Å². The van der Waals surface area contributed by atoms with Crippen molar-refractivity contribution < 1.29 is 14.3 Å². The van der Waals surface area contributed by atoms with Gasteiger partial charge in [-0.2, -0.15) is 0 Å². The van der Waals surface area contributed by atoms with Crippen molar-refractivity contribution in [3.8, 4) is 5.75 Å². The van der Waals surface area contributed by atoms with Crippen LogP contribution >= 0.6 is 11.6 Å². The summed E-state index contributed by atoms with van der Waals surface area (Å²) in [5, 5.41) is 0.440. The number of Topliss-reactive ketones (excluding diaryl/α,β-unsaturated/α-hetero) is 1. The van der Waals surface area contributed by atoms with E-state index in [2.05, 4.69) is 0 Å². The second kappa shape index (κ2) is 5.87. The molecule has 4 heteroatoms. The van der Waals surface area contributed by atoms with E-state index in [1.807, 2.05) is 6.92 Å². The minimum absolute atomic E-state index is 0.0154. The lowest BCUT2D eigenvalue weighted by molar-refractivity contribution is 0.0921. The van der Waals surface area contributed by atoms with E-state index in [1.165, 1.54) is 6.92 Å². The molecule has 3 nitrogen and oxygen atoms in total. The Balaban J connectivity index is 2.79. The first-order valence-electron chi connectivity index (χ1n) is 5.00. The Labute approximate surface area is 100 Å².